The van der Waals surface area contributed by atoms with E-state index < -0.39 is 0 Å². The number of rotatable bonds is 3. The van der Waals surface area contributed by atoms with Crippen LogP contribution in [0.4, 0.5) is 0 Å². The number of nitrogens with zero attached hydrogens (tertiary/aromatic N) is 5. The van der Waals surface area contributed by atoms with Crippen LogP contribution in [0.1, 0.15) is 29.6 Å². The second kappa shape index (κ2) is 6.93. The first-order valence-electron chi connectivity index (χ1n) is 8.88. The Morgan fingerprint density at radius 3 is 2.60 bits per heavy atom. The molecule has 132 valence electrons. The molecule has 2 aromatic rings. The summed E-state index contributed by atoms with van der Waals surface area (Å²) >= 11 is 0. The highest BCUT2D eigenvalue weighted by molar-refractivity contribution is 5.94. The van der Waals surface area contributed by atoms with Gasteiger partial charge in [0, 0.05) is 50.8 Å². The number of aromatic nitrogens is 3. The number of piperazine rings is 1. The molecule has 2 aromatic heterocycles. The molecule has 7 nitrogen and oxygen atoms in total. The topological polar surface area (TPSA) is 74.5 Å². The molecule has 2 fully saturated rings. The van der Waals surface area contributed by atoms with Gasteiger partial charge in [-0.25, -0.2) is 9.97 Å². The van der Waals surface area contributed by atoms with Crippen molar-refractivity contribution in [3.63, 3.8) is 0 Å². The molecule has 0 aromatic carbocycles. The molecule has 2 aliphatic rings. The van der Waals surface area contributed by atoms with Crippen molar-refractivity contribution < 1.29 is 9.90 Å². The van der Waals surface area contributed by atoms with Crippen molar-refractivity contribution in [2.45, 2.75) is 31.4 Å². The SMILES string of the molecule is O=C(c1ccc(-n2ccnc2)nc1)N1CCN(C2CCCC2O)CC1. The molecule has 2 unspecified atom stereocenters. The summed E-state index contributed by atoms with van der Waals surface area (Å²) in [5.74, 6) is 0.769. The van der Waals surface area contributed by atoms with Gasteiger partial charge >= 0.3 is 0 Å². The molecule has 1 amide bonds. The van der Waals surface area contributed by atoms with Crippen LogP contribution < -0.4 is 0 Å². The molecule has 0 bridgehead atoms. The quantitative estimate of drug-likeness (QED) is 0.899. The number of carbonyl (C=O) groups is 1. The van der Waals surface area contributed by atoms with Crippen LogP contribution in [0.25, 0.3) is 5.82 Å². The Morgan fingerprint density at radius 1 is 1.16 bits per heavy atom. The lowest BCUT2D eigenvalue weighted by molar-refractivity contribution is 0.0315. The van der Waals surface area contributed by atoms with E-state index in [0.29, 0.717) is 18.7 Å². The third kappa shape index (κ3) is 3.29. The van der Waals surface area contributed by atoms with Crippen molar-refractivity contribution in [2.24, 2.45) is 0 Å². The van der Waals surface area contributed by atoms with Gasteiger partial charge in [0.25, 0.3) is 5.91 Å². The van der Waals surface area contributed by atoms with E-state index in [2.05, 4.69) is 14.9 Å². The first-order chi connectivity index (χ1) is 12.2. The monoisotopic (exact) mass is 341 g/mol. The van der Waals surface area contributed by atoms with Gasteiger partial charge in [0.15, 0.2) is 0 Å². The summed E-state index contributed by atoms with van der Waals surface area (Å²) in [4.78, 5) is 25.3. The van der Waals surface area contributed by atoms with Crippen LogP contribution in [-0.2, 0) is 0 Å². The summed E-state index contributed by atoms with van der Waals surface area (Å²) in [6.07, 6.45) is 9.68. The number of hydrogen-bond donors (Lipinski definition) is 1. The van der Waals surface area contributed by atoms with E-state index in [1.165, 1.54) is 0 Å². The number of aliphatic hydroxyl groups is 1. The first-order valence-corrected chi connectivity index (χ1v) is 8.88. The van der Waals surface area contributed by atoms with E-state index in [0.717, 1.165) is 38.2 Å². The molecule has 0 radical (unpaired) electrons. The fraction of sp³-hybridized carbons (Fsp3) is 0.500. The average molecular weight is 341 g/mol. The van der Waals surface area contributed by atoms with Crippen LogP contribution in [0.2, 0.25) is 0 Å². The molecule has 1 aliphatic heterocycles. The lowest BCUT2D eigenvalue weighted by Gasteiger charge is -2.39. The second-order valence-electron chi connectivity index (χ2n) is 6.77. The average Bonchev–Trinajstić information content (AvgIpc) is 3.33. The van der Waals surface area contributed by atoms with Crippen molar-refractivity contribution in [1.82, 2.24) is 24.3 Å². The molecule has 25 heavy (non-hydrogen) atoms. The minimum absolute atomic E-state index is 0.0244. The van der Waals surface area contributed by atoms with Crippen molar-refractivity contribution in [3.05, 3.63) is 42.6 Å². The maximum atomic E-state index is 12.7. The van der Waals surface area contributed by atoms with E-state index >= 15 is 0 Å². The van der Waals surface area contributed by atoms with Gasteiger partial charge in [-0.15, -0.1) is 0 Å². The summed E-state index contributed by atoms with van der Waals surface area (Å²) in [6, 6.07) is 3.92. The van der Waals surface area contributed by atoms with E-state index in [-0.39, 0.29) is 18.1 Å². The highest BCUT2D eigenvalue weighted by Crippen LogP contribution is 2.25. The zero-order valence-corrected chi connectivity index (χ0v) is 14.2. The second-order valence-corrected chi connectivity index (χ2v) is 6.77. The van der Waals surface area contributed by atoms with Crippen molar-refractivity contribution in [3.8, 4) is 5.82 Å². The summed E-state index contributed by atoms with van der Waals surface area (Å²) < 4.78 is 1.81. The minimum Gasteiger partial charge on any atom is -0.391 e. The third-order valence-corrected chi connectivity index (χ3v) is 5.28. The zero-order chi connectivity index (χ0) is 17.2. The number of pyridine rings is 1. The van der Waals surface area contributed by atoms with Gasteiger partial charge in [0.1, 0.15) is 12.1 Å². The maximum absolute atomic E-state index is 12.7. The standard InChI is InChI=1S/C18H23N5O2/c24-16-3-1-2-15(16)21-8-10-22(11-9-21)18(25)14-4-5-17(20-12-14)23-7-6-19-13-23/h4-7,12-13,15-16,24H,1-3,8-11H2. The van der Waals surface area contributed by atoms with Crippen LogP contribution >= 0.6 is 0 Å². The summed E-state index contributed by atoms with van der Waals surface area (Å²) in [5, 5.41) is 10.1. The molecular weight excluding hydrogens is 318 g/mol. The number of amides is 1. The molecule has 1 N–H and O–H groups in total. The molecule has 0 spiro atoms. The number of carbonyl (C=O) groups excluding carboxylic acids is 1. The van der Waals surface area contributed by atoms with Crippen LogP contribution in [0.15, 0.2) is 37.1 Å². The van der Waals surface area contributed by atoms with E-state index in [1.807, 2.05) is 23.2 Å². The first kappa shape index (κ1) is 16.2. The molecular formula is C18H23N5O2. The molecule has 3 heterocycles. The number of imidazole rings is 1. The van der Waals surface area contributed by atoms with Crippen molar-refractivity contribution >= 4 is 5.91 Å². The largest absolute Gasteiger partial charge is 0.391 e. The van der Waals surface area contributed by atoms with E-state index in [9.17, 15) is 9.90 Å². The van der Waals surface area contributed by atoms with Crippen molar-refractivity contribution in [1.29, 1.82) is 0 Å². The number of aliphatic hydroxyl groups excluding tert-OH is 1. The van der Waals surface area contributed by atoms with Gasteiger partial charge in [-0.3, -0.25) is 14.3 Å². The van der Waals surface area contributed by atoms with Gasteiger partial charge < -0.3 is 10.0 Å². The van der Waals surface area contributed by atoms with Crippen molar-refractivity contribution in [2.75, 3.05) is 26.2 Å². The molecule has 4 rings (SSSR count). The lowest BCUT2D eigenvalue weighted by Crippen LogP contribution is -2.53. The van der Waals surface area contributed by atoms with Gasteiger partial charge in [-0.05, 0) is 31.4 Å². The molecule has 1 saturated heterocycles. The smallest absolute Gasteiger partial charge is 0.255 e. The van der Waals surface area contributed by atoms with Crippen LogP contribution in [0, 0.1) is 0 Å². The predicted octanol–water partition coefficient (Wildman–Crippen LogP) is 0.938. The Balaban J connectivity index is 1.37. The Bertz CT molecular complexity index is 708. The summed E-state index contributed by atoms with van der Waals surface area (Å²) in [5.41, 5.74) is 0.609. The Hall–Kier alpha value is -2.25. The fourth-order valence-corrected chi connectivity index (χ4v) is 3.85. The lowest BCUT2D eigenvalue weighted by atomic mass is 10.1. The molecule has 1 saturated carbocycles. The molecule has 1 aliphatic carbocycles. The van der Waals surface area contributed by atoms with Gasteiger partial charge in [0.2, 0.25) is 0 Å². The molecule has 7 heteroatoms. The Kier molecular flexibility index (Phi) is 4.50. The minimum atomic E-state index is -0.206. The Morgan fingerprint density at radius 2 is 2.00 bits per heavy atom. The van der Waals surface area contributed by atoms with Gasteiger partial charge in [0.05, 0.1) is 11.7 Å². The van der Waals surface area contributed by atoms with Gasteiger partial charge in [-0.1, -0.05) is 0 Å². The normalized spacial score (nSPS) is 24.6. The predicted molar refractivity (Wildman–Crippen MR) is 92.5 cm³/mol. The van der Waals surface area contributed by atoms with Gasteiger partial charge in [-0.2, -0.15) is 0 Å². The summed E-state index contributed by atoms with van der Waals surface area (Å²) in [6.45, 7) is 3.05. The van der Waals surface area contributed by atoms with E-state index in [1.54, 1.807) is 23.3 Å². The van der Waals surface area contributed by atoms with Crippen LogP contribution in [-0.4, -0.2) is 73.7 Å². The fourth-order valence-electron chi connectivity index (χ4n) is 3.85. The van der Waals surface area contributed by atoms with Crippen LogP contribution in [0.3, 0.4) is 0 Å². The third-order valence-electron chi connectivity index (χ3n) is 5.28. The maximum Gasteiger partial charge on any atom is 0.255 e. The van der Waals surface area contributed by atoms with E-state index in [4.69, 9.17) is 0 Å². The molecule has 2 atom stereocenters. The van der Waals surface area contributed by atoms with Crippen LogP contribution in [0.5, 0.6) is 0 Å². The number of hydrogen-bond acceptors (Lipinski definition) is 5. The Labute approximate surface area is 146 Å². The summed E-state index contributed by atoms with van der Waals surface area (Å²) in [7, 11) is 0. The zero-order valence-electron chi connectivity index (χ0n) is 14.2. The highest BCUT2D eigenvalue weighted by atomic mass is 16.3. The highest BCUT2D eigenvalue weighted by Gasteiger charge is 2.33.